The molecule has 2 aromatic heterocycles. The summed E-state index contributed by atoms with van der Waals surface area (Å²) in [5.74, 6) is -1.22. The van der Waals surface area contributed by atoms with Gasteiger partial charge in [-0.05, 0) is 34.1 Å². The molecule has 7 nitrogen and oxygen atoms in total. The van der Waals surface area contributed by atoms with Gasteiger partial charge < -0.3 is 9.97 Å². The standard InChI is InChI=1S/C15H11BrN4O3/c16-8-5-12(17-6-8)15(23)20-19-14(22)10-7-18-11-4-2-1-3-9(11)13(10)21/h1-7,17H,(H,18,21)(H,19,22)(H,20,23). The number of rotatable bonds is 2. The Morgan fingerprint density at radius 3 is 2.48 bits per heavy atom. The molecule has 2 amide bonds. The summed E-state index contributed by atoms with van der Waals surface area (Å²) in [6.07, 6.45) is 2.90. The third-order valence-corrected chi connectivity index (χ3v) is 3.67. The van der Waals surface area contributed by atoms with Crippen LogP contribution in [-0.4, -0.2) is 21.8 Å². The van der Waals surface area contributed by atoms with Gasteiger partial charge in [0.1, 0.15) is 11.3 Å². The Morgan fingerprint density at radius 1 is 1.00 bits per heavy atom. The van der Waals surface area contributed by atoms with E-state index in [0.29, 0.717) is 15.4 Å². The Morgan fingerprint density at radius 2 is 1.74 bits per heavy atom. The zero-order valence-electron chi connectivity index (χ0n) is 11.6. The van der Waals surface area contributed by atoms with Crippen molar-refractivity contribution in [3.8, 4) is 0 Å². The van der Waals surface area contributed by atoms with Gasteiger partial charge in [-0.1, -0.05) is 12.1 Å². The van der Waals surface area contributed by atoms with Crippen molar-refractivity contribution in [2.45, 2.75) is 0 Å². The predicted octanol–water partition coefficient (Wildman–Crippen LogP) is 1.69. The van der Waals surface area contributed by atoms with E-state index in [9.17, 15) is 14.4 Å². The third kappa shape index (κ3) is 3.02. The molecular weight excluding hydrogens is 364 g/mol. The number of hydrazine groups is 1. The monoisotopic (exact) mass is 374 g/mol. The van der Waals surface area contributed by atoms with Gasteiger partial charge in [0, 0.05) is 27.8 Å². The zero-order chi connectivity index (χ0) is 16.4. The molecule has 8 heteroatoms. The van der Waals surface area contributed by atoms with E-state index in [2.05, 4.69) is 36.7 Å². The number of carbonyl (C=O) groups excluding carboxylic acids is 2. The zero-order valence-corrected chi connectivity index (χ0v) is 13.2. The molecule has 2 heterocycles. The first-order chi connectivity index (χ1) is 11.1. The van der Waals surface area contributed by atoms with E-state index in [1.807, 2.05) is 0 Å². The van der Waals surface area contributed by atoms with Crippen molar-refractivity contribution in [1.29, 1.82) is 0 Å². The highest BCUT2D eigenvalue weighted by Gasteiger charge is 2.14. The Labute approximate surface area is 138 Å². The topological polar surface area (TPSA) is 107 Å². The molecule has 0 aliphatic heterocycles. The molecule has 0 spiro atoms. The van der Waals surface area contributed by atoms with Crippen molar-refractivity contribution in [1.82, 2.24) is 20.8 Å². The van der Waals surface area contributed by atoms with Crippen molar-refractivity contribution >= 4 is 38.6 Å². The van der Waals surface area contributed by atoms with Gasteiger partial charge in [0.05, 0.1) is 0 Å². The molecule has 1 aromatic carbocycles. The van der Waals surface area contributed by atoms with Crippen LogP contribution in [0, 0.1) is 0 Å². The molecule has 3 rings (SSSR count). The fraction of sp³-hybridized carbons (Fsp3) is 0. The van der Waals surface area contributed by atoms with Gasteiger partial charge in [-0.3, -0.25) is 25.2 Å². The molecule has 0 fully saturated rings. The van der Waals surface area contributed by atoms with Crippen LogP contribution in [0.4, 0.5) is 0 Å². The van der Waals surface area contributed by atoms with Crippen LogP contribution in [0.3, 0.4) is 0 Å². The number of hydrogen-bond donors (Lipinski definition) is 4. The van der Waals surface area contributed by atoms with Crippen LogP contribution in [0.1, 0.15) is 20.8 Å². The molecule has 0 atom stereocenters. The molecule has 0 aliphatic carbocycles. The Kier molecular flexibility index (Phi) is 3.98. The van der Waals surface area contributed by atoms with Gasteiger partial charge in [0.2, 0.25) is 5.43 Å². The predicted molar refractivity (Wildman–Crippen MR) is 88.0 cm³/mol. The number of nitrogens with one attached hydrogen (secondary N) is 4. The number of pyridine rings is 1. The van der Waals surface area contributed by atoms with Gasteiger partial charge in [-0.2, -0.15) is 0 Å². The third-order valence-electron chi connectivity index (χ3n) is 3.21. The Balaban J connectivity index is 1.77. The van der Waals surface area contributed by atoms with Crippen LogP contribution >= 0.6 is 15.9 Å². The Bertz CT molecular complexity index is 961. The van der Waals surface area contributed by atoms with E-state index < -0.39 is 17.2 Å². The summed E-state index contributed by atoms with van der Waals surface area (Å²) < 4.78 is 0.708. The van der Waals surface area contributed by atoms with Crippen LogP contribution in [-0.2, 0) is 0 Å². The minimum Gasteiger partial charge on any atom is -0.360 e. The molecule has 3 aromatic rings. The molecule has 0 unspecified atom stereocenters. The van der Waals surface area contributed by atoms with Crippen LogP contribution < -0.4 is 16.3 Å². The van der Waals surface area contributed by atoms with Gasteiger partial charge >= 0.3 is 0 Å². The lowest BCUT2D eigenvalue weighted by Crippen LogP contribution is -2.43. The fourth-order valence-corrected chi connectivity index (χ4v) is 2.43. The van der Waals surface area contributed by atoms with Gasteiger partial charge in [0.15, 0.2) is 0 Å². The molecule has 116 valence electrons. The van der Waals surface area contributed by atoms with Crippen molar-refractivity contribution in [3.63, 3.8) is 0 Å². The second kappa shape index (κ2) is 6.09. The molecule has 0 aliphatic rings. The van der Waals surface area contributed by atoms with Gasteiger partial charge in [-0.25, -0.2) is 0 Å². The number of hydrogen-bond acceptors (Lipinski definition) is 3. The van der Waals surface area contributed by atoms with Crippen LogP contribution in [0.25, 0.3) is 10.9 Å². The van der Waals surface area contributed by atoms with Crippen LogP contribution in [0.15, 0.2) is 52.0 Å². The SMILES string of the molecule is O=C(NNC(=O)c1c[nH]c2ccccc2c1=O)c1cc(Br)c[nH]1. The van der Waals surface area contributed by atoms with E-state index in [-0.39, 0.29) is 11.3 Å². The Hall–Kier alpha value is -2.87. The second-order valence-corrected chi connectivity index (χ2v) is 5.63. The summed E-state index contributed by atoms with van der Waals surface area (Å²) in [5, 5.41) is 0.403. The largest absolute Gasteiger partial charge is 0.360 e. The van der Waals surface area contributed by atoms with Gasteiger partial charge in [-0.15, -0.1) is 0 Å². The molecule has 0 saturated carbocycles. The summed E-state index contributed by atoms with van der Waals surface area (Å²) in [5.41, 5.74) is 4.87. The molecule has 0 radical (unpaired) electrons. The molecule has 0 bridgehead atoms. The maximum Gasteiger partial charge on any atom is 0.286 e. The van der Waals surface area contributed by atoms with Gasteiger partial charge in [0.25, 0.3) is 11.8 Å². The number of benzene rings is 1. The quantitative estimate of drug-likeness (QED) is 0.512. The van der Waals surface area contributed by atoms with Crippen LogP contribution in [0.2, 0.25) is 0 Å². The average molecular weight is 375 g/mol. The lowest BCUT2D eigenvalue weighted by Gasteiger charge is -2.06. The number of amides is 2. The molecular formula is C15H11BrN4O3. The number of aromatic nitrogens is 2. The number of fused-ring (bicyclic) bond motifs is 1. The first kappa shape index (κ1) is 15.0. The molecule has 23 heavy (non-hydrogen) atoms. The first-order valence-corrected chi connectivity index (χ1v) is 7.40. The van der Waals surface area contributed by atoms with Crippen molar-refractivity contribution in [2.24, 2.45) is 0 Å². The first-order valence-electron chi connectivity index (χ1n) is 6.61. The number of carbonyl (C=O) groups is 2. The summed E-state index contributed by atoms with van der Waals surface area (Å²) in [6.45, 7) is 0. The van der Waals surface area contributed by atoms with E-state index in [1.165, 1.54) is 6.20 Å². The summed E-state index contributed by atoms with van der Waals surface area (Å²) in [4.78, 5) is 41.8. The fourth-order valence-electron chi connectivity index (χ4n) is 2.08. The van der Waals surface area contributed by atoms with E-state index in [0.717, 1.165) is 0 Å². The highest BCUT2D eigenvalue weighted by molar-refractivity contribution is 9.10. The minimum atomic E-state index is -0.698. The van der Waals surface area contributed by atoms with E-state index >= 15 is 0 Å². The highest BCUT2D eigenvalue weighted by Crippen LogP contribution is 2.10. The summed E-state index contributed by atoms with van der Waals surface area (Å²) in [7, 11) is 0. The lowest BCUT2D eigenvalue weighted by molar-refractivity contribution is 0.0843. The minimum absolute atomic E-state index is 0.0864. The summed E-state index contributed by atoms with van der Waals surface area (Å²) in [6, 6.07) is 8.42. The number of para-hydroxylation sites is 1. The average Bonchev–Trinajstić information content (AvgIpc) is 2.99. The normalized spacial score (nSPS) is 10.5. The molecule has 4 N–H and O–H groups in total. The number of H-pyrrole nitrogens is 2. The highest BCUT2D eigenvalue weighted by atomic mass is 79.9. The smallest absolute Gasteiger partial charge is 0.286 e. The van der Waals surface area contributed by atoms with E-state index in [4.69, 9.17) is 0 Å². The van der Waals surface area contributed by atoms with Crippen molar-refractivity contribution in [3.05, 3.63) is 68.7 Å². The molecule has 0 saturated heterocycles. The van der Waals surface area contributed by atoms with Crippen molar-refractivity contribution < 1.29 is 9.59 Å². The maximum absolute atomic E-state index is 12.3. The summed E-state index contributed by atoms with van der Waals surface area (Å²) >= 11 is 3.21. The van der Waals surface area contributed by atoms with Crippen molar-refractivity contribution in [2.75, 3.05) is 0 Å². The van der Waals surface area contributed by atoms with Crippen LogP contribution in [0.5, 0.6) is 0 Å². The lowest BCUT2D eigenvalue weighted by atomic mass is 10.1. The van der Waals surface area contributed by atoms with E-state index in [1.54, 1.807) is 36.5 Å². The maximum atomic E-state index is 12.3. The number of halogens is 1. The number of aromatic amines is 2. The second-order valence-electron chi connectivity index (χ2n) is 4.72.